The lowest BCUT2D eigenvalue weighted by Gasteiger charge is -2.27. The molecule has 0 heterocycles. The lowest BCUT2D eigenvalue weighted by atomic mass is 10.0. The molecule has 0 radical (unpaired) electrons. The van der Waals surface area contributed by atoms with Crippen molar-refractivity contribution in [3.05, 3.63) is 128 Å². The number of carbonyl (C=O) groups is 2. The third-order valence-electron chi connectivity index (χ3n) is 6.17. The highest BCUT2D eigenvalue weighted by molar-refractivity contribution is 5.82. The normalized spacial score (nSPS) is 10.3. The number of hydrogen-bond acceptors (Lipinski definition) is 7. The van der Waals surface area contributed by atoms with Gasteiger partial charge < -0.3 is 23.8 Å². The lowest BCUT2D eigenvalue weighted by molar-refractivity contribution is -0.139. The van der Waals surface area contributed by atoms with Crippen molar-refractivity contribution in [3.8, 4) is 22.6 Å². The van der Waals surface area contributed by atoms with Crippen molar-refractivity contribution < 1.29 is 28.5 Å². The minimum Gasteiger partial charge on any atom is -0.490 e. The van der Waals surface area contributed by atoms with E-state index in [-0.39, 0.29) is 26.4 Å². The van der Waals surface area contributed by atoms with Crippen LogP contribution >= 0.6 is 0 Å². The quantitative estimate of drug-likeness (QED) is 0.0902. The van der Waals surface area contributed by atoms with Gasteiger partial charge >= 0.3 is 11.9 Å². The first kappa shape index (κ1) is 29.7. The van der Waals surface area contributed by atoms with Gasteiger partial charge in [-0.05, 0) is 42.3 Å². The van der Waals surface area contributed by atoms with E-state index in [1.54, 1.807) is 6.07 Å². The van der Waals surface area contributed by atoms with Crippen molar-refractivity contribution in [2.45, 2.75) is 6.92 Å². The van der Waals surface area contributed by atoms with Gasteiger partial charge in [-0.25, -0.2) is 9.59 Å². The number of esters is 2. The summed E-state index contributed by atoms with van der Waals surface area (Å²) in [6.07, 6.45) is 2.21. The van der Waals surface area contributed by atoms with Crippen LogP contribution in [0.1, 0.15) is 5.56 Å². The fraction of sp³-hybridized carbons (Fsp3) is 0.143. The molecule has 0 spiro atoms. The Bertz CT molecular complexity index is 1450. The minimum atomic E-state index is -0.519. The molecule has 0 fully saturated rings. The average molecular weight is 564 g/mol. The van der Waals surface area contributed by atoms with E-state index < -0.39 is 11.9 Å². The van der Waals surface area contributed by atoms with E-state index in [2.05, 4.69) is 78.7 Å². The Labute approximate surface area is 246 Å². The number of benzene rings is 4. The van der Waals surface area contributed by atoms with Crippen LogP contribution in [0.5, 0.6) is 11.5 Å². The molecule has 42 heavy (non-hydrogen) atoms. The summed E-state index contributed by atoms with van der Waals surface area (Å²) in [5.41, 5.74) is 6.03. The van der Waals surface area contributed by atoms with Crippen LogP contribution in [0.3, 0.4) is 0 Å². The first-order valence-corrected chi connectivity index (χ1v) is 13.5. The second-order valence-electron chi connectivity index (χ2n) is 9.19. The lowest BCUT2D eigenvalue weighted by Crippen LogP contribution is -2.13. The Kier molecular flexibility index (Phi) is 10.5. The zero-order chi connectivity index (χ0) is 29.7. The van der Waals surface area contributed by atoms with Gasteiger partial charge in [-0.2, -0.15) is 0 Å². The molecule has 7 heteroatoms. The number of hydrogen-bond donors (Lipinski definition) is 0. The molecule has 4 rings (SSSR count). The van der Waals surface area contributed by atoms with Gasteiger partial charge in [0.05, 0.1) is 5.69 Å². The van der Waals surface area contributed by atoms with Crippen molar-refractivity contribution in [1.29, 1.82) is 0 Å². The number of nitrogens with zero attached hydrogens (tertiary/aromatic N) is 1. The molecule has 214 valence electrons. The van der Waals surface area contributed by atoms with Crippen LogP contribution < -0.4 is 14.4 Å². The Hall–Kier alpha value is -5.30. The molecule has 0 saturated heterocycles. The van der Waals surface area contributed by atoms with Gasteiger partial charge in [0, 0.05) is 41.7 Å². The molecule has 7 nitrogen and oxygen atoms in total. The maximum absolute atomic E-state index is 11.4. The topological polar surface area (TPSA) is 74.3 Å². The van der Waals surface area contributed by atoms with Crippen molar-refractivity contribution in [2.75, 3.05) is 31.3 Å². The zero-order valence-corrected chi connectivity index (χ0v) is 23.5. The Balaban J connectivity index is 1.68. The number of ether oxygens (including phenoxy) is 4. The summed E-state index contributed by atoms with van der Waals surface area (Å²) in [4.78, 5) is 25.0. The summed E-state index contributed by atoms with van der Waals surface area (Å²) < 4.78 is 22.0. The monoisotopic (exact) mass is 563 g/mol. The first-order valence-electron chi connectivity index (χ1n) is 13.5. The van der Waals surface area contributed by atoms with Gasteiger partial charge in [-0.1, -0.05) is 73.3 Å². The second kappa shape index (κ2) is 14.9. The van der Waals surface area contributed by atoms with Crippen LogP contribution in [0.2, 0.25) is 0 Å². The van der Waals surface area contributed by atoms with Gasteiger partial charge in [-0.15, -0.1) is 0 Å². The molecule has 0 aliphatic rings. The van der Waals surface area contributed by atoms with Crippen LogP contribution in [0.25, 0.3) is 11.1 Å². The molecule has 0 unspecified atom stereocenters. The molecule has 0 N–H and O–H groups in total. The summed E-state index contributed by atoms with van der Waals surface area (Å²) in [5.74, 6) is -0.0126. The Morgan fingerprint density at radius 1 is 0.619 bits per heavy atom. The van der Waals surface area contributed by atoms with Gasteiger partial charge in [0.2, 0.25) is 0 Å². The smallest absolute Gasteiger partial charge is 0.330 e. The van der Waals surface area contributed by atoms with Crippen LogP contribution in [0.4, 0.5) is 17.1 Å². The number of anilines is 3. The van der Waals surface area contributed by atoms with E-state index in [0.29, 0.717) is 11.5 Å². The summed E-state index contributed by atoms with van der Waals surface area (Å²) >= 11 is 0. The molecule has 0 bridgehead atoms. The van der Waals surface area contributed by atoms with Gasteiger partial charge in [0.25, 0.3) is 0 Å². The molecular formula is C35H33NO6. The Morgan fingerprint density at radius 2 is 1.10 bits per heavy atom. The van der Waals surface area contributed by atoms with E-state index in [4.69, 9.17) is 18.9 Å². The standard InChI is InChI=1S/C35H33NO6/c1-4-34(37)41-21-19-39-32-23-31(24-33(25-32)40-20-22-42-35(38)5-2)36(29-15-11-26(3)12-16-29)30-17-13-28(14-18-30)27-9-7-6-8-10-27/h4-18,23-25H,1-2,19-22H2,3H3. The summed E-state index contributed by atoms with van der Waals surface area (Å²) in [5, 5.41) is 0. The second-order valence-corrected chi connectivity index (χ2v) is 9.19. The fourth-order valence-corrected chi connectivity index (χ4v) is 4.15. The minimum absolute atomic E-state index is 0.0609. The maximum atomic E-state index is 11.4. The van der Waals surface area contributed by atoms with E-state index in [9.17, 15) is 9.59 Å². The van der Waals surface area contributed by atoms with Crippen LogP contribution in [-0.4, -0.2) is 38.4 Å². The summed E-state index contributed by atoms with van der Waals surface area (Å²) in [6.45, 7) is 9.24. The maximum Gasteiger partial charge on any atom is 0.330 e. The van der Waals surface area contributed by atoms with Crippen molar-refractivity contribution in [1.82, 2.24) is 0 Å². The van der Waals surface area contributed by atoms with Crippen LogP contribution in [-0.2, 0) is 19.1 Å². The van der Waals surface area contributed by atoms with Gasteiger partial charge in [-0.3, -0.25) is 0 Å². The molecule has 0 saturated carbocycles. The van der Waals surface area contributed by atoms with Crippen LogP contribution in [0, 0.1) is 6.92 Å². The van der Waals surface area contributed by atoms with Gasteiger partial charge in [0.15, 0.2) is 0 Å². The molecule has 4 aromatic rings. The molecule has 4 aromatic carbocycles. The predicted octanol–water partition coefficient (Wildman–Crippen LogP) is 7.35. The van der Waals surface area contributed by atoms with Crippen molar-refractivity contribution >= 4 is 29.0 Å². The average Bonchev–Trinajstić information content (AvgIpc) is 3.03. The van der Waals surface area contributed by atoms with E-state index in [0.717, 1.165) is 45.9 Å². The number of carbonyl (C=O) groups excluding carboxylic acids is 2. The highest BCUT2D eigenvalue weighted by Crippen LogP contribution is 2.39. The highest BCUT2D eigenvalue weighted by atomic mass is 16.6. The SMILES string of the molecule is C=CC(=O)OCCOc1cc(OCCOC(=O)C=C)cc(N(c2ccc(C)cc2)c2ccc(-c3ccccc3)cc2)c1. The number of rotatable bonds is 14. The molecule has 0 atom stereocenters. The largest absolute Gasteiger partial charge is 0.490 e. The van der Waals surface area contributed by atoms with Crippen LogP contribution in [0.15, 0.2) is 122 Å². The molecule has 0 aromatic heterocycles. The Morgan fingerprint density at radius 3 is 1.60 bits per heavy atom. The predicted molar refractivity (Wildman–Crippen MR) is 165 cm³/mol. The van der Waals surface area contributed by atoms with E-state index in [1.165, 1.54) is 0 Å². The van der Waals surface area contributed by atoms with Crippen molar-refractivity contribution in [2.24, 2.45) is 0 Å². The molecular weight excluding hydrogens is 530 g/mol. The van der Waals surface area contributed by atoms with E-state index in [1.807, 2.05) is 37.3 Å². The van der Waals surface area contributed by atoms with Crippen molar-refractivity contribution in [3.63, 3.8) is 0 Å². The fourth-order valence-electron chi connectivity index (χ4n) is 4.15. The van der Waals surface area contributed by atoms with Gasteiger partial charge in [0.1, 0.15) is 37.9 Å². The molecule has 0 aliphatic heterocycles. The zero-order valence-electron chi connectivity index (χ0n) is 23.5. The first-order chi connectivity index (χ1) is 20.5. The summed E-state index contributed by atoms with van der Waals surface area (Å²) in [6, 6.07) is 32.3. The third kappa shape index (κ3) is 8.35. The molecule has 0 amide bonds. The van der Waals surface area contributed by atoms with E-state index >= 15 is 0 Å². The number of aryl methyl sites for hydroxylation is 1. The summed E-state index contributed by atoms with van der Waals surface area (Å²) in [7, 11) is 0. The highest BCUT2D eigenvalue weighted by Gasteiger charge is 2.16. The molecule has 0 aliphatic carbocycles. The third-order valence-corrected chi connectivity index (χ3v) is 6.17.